The molecule has 11 nitrogen and oxygen atoms in total. The van der Waals surface area contributed by atoms with E-state index in [1.165, 1.54) is 12.1 Å². The number of aliphatic hydroxyl groups is 4. The molecule has 0 heterocycles. The van der Waals surface area contributed by atoms with E-state index in [0.29, 0.717) is 0 Å². The Labute approximate surface area is 142 Å². The van der Waals surface area contributed by atoms with Gasteiger partial charge in [-0.3, -0.25) is 4.55 Å². The largest absolute Gasteiger partial charge is 0.479 e. The van der Waals surface area contributed by atoms with Crippen LogP contribution in [-0.4, -0.2) is 80.0 Å². The lowest BCUT2D eigenvalue weighted by Crippen LogP contribution is -2.49. The van der Waals surface area contributed by atoms with E-state index in [-0.39, 0.29) is 4.90 Å². The van der Waals surface area contributed by atoms with Gasteiger partial charge < -0.3 is 30.6 Å². The van der Waals surface area contributed by atoms with Crippen LogP contribution in [0.15, 0.2) is 29.2 Å². The second-order valence-corrected chi connectivity index (χ2v) is 6.26. The van der Waals surface area contributed by atoms with Gasteiger partial charge in [0.2, 0.25) is 0 Å². The first-order chi connectivity index (χ1) is 11.3. The lowest BCUT2D eigenvalue weighted by Gasteiger charge is -2.21. The van der Waals surface area contributed by atoms with Crippen molar-refractivity contribution in [2.45, 2.75) is 36.2 Å². The normalized spacial score (nSPS) is 15.9. The number of carboxylic acid groups (broad SMARTS) is 2. The molecule has 0 aromatic heterocycles. The summed E-state index contributed by atoms with van der Waals surface area (Å²) in [7, 11) is -4.02. The molecule has 0 bridgehead atoms. The van der Waals surface area contributed by atoms with Gasteiger partial charge in [-0.25, -0.2) is 9.59 Å². The van der Waals surface area contributed by atoms with E-state index in [1.54, 1.807) is 12.1 Å². The summed E-state index contributed by atoms with van der Waals surface area (Å²) in [6, 6.07) is 5.99. The lowest BCUT2D eigenvalue weighted by atomic mass is 10.0. The summed E-state index contributed by atoms with van der Waals surface area (Å²) >= 11 is 0. The molecule has 7 N–H and O–H groups in total. The Morgan fingerprint density at radius 3 is 1.40 bits per heavy atom. The molecule has 1 aromatic carbocycles. The molecule has 0 saturated carbocycles. The van der Waals surface area contributed by atoms with Gasteiger partial charge in [0.15, 0.2) is 12.2 Å². The van der Waals surface area contributed by atoms with Gasteiger partial charge in [-0.15, -0.1) is 0 Å². The number of rotatable bonds is 6. The SMILES string of the molecule is Cc1ccc(S(=O)(=O)O)cc1.O=C(O)[C@@H](O)[C@H](O)[C@H](O)[C@@H](O)C(=O)O. The predicted molar refractivity (Wildman–Crippen MR) is 80.3 cm³/mol. The van der Waals surface area contributed by atoms with Crippen LogP contribution in [-0.2, 0) is 19.7 Å². The second-order valence-electron chi connectivity index (χ2n) is 4.84. The average Bonchev–Trinajstić information content (AvgIpc) is 2.51. The standard InChI is InChI=1S/C7H8O3S.C6H10O8/c1-6-2-4-7(5-3-6)11(8,9)10;7-1(3(9)5(11)12)2(8)4(10)6(13)14/h2-5H,1H3,(H,8,9,10);1-4,7-10H,(H,11,12)(H,13,14)/t;1-,2+,3+,4-. The van der Waals surface area contributed by atoms with Crippen molar-refractivity contribution in [3.8, 4) is 0 Å². The Morgan fingerprint density at radius 2 is 1.16 bits per heavy atom. The summed E-state index contributed by atoms with van der Waals surface area (Å²) in [5, 5.41) is 51.5. The summed E-state index contributed by atoms with van der Waals surface area (Å²) in [4.78, 5) is 20.1. The Kier molecular flexibility index (Phi) is 8.62. The highest BCUT2D eigenvalue weighted by Crippen LogP contribution is 2.08. The number of carboxylic acids is 2. The number of hydrogen-bond acceptors (Lipinski definition) is 8. The number of carbonyl (C=O) groups is 2. The second kappa shape index (κ2) is 9.41. The monoisotopic (exact) mass is 382 g/mol. The fourth-order valence-corrected chi connectivity index (χ4v) is 1.86. The predicted octanol–water partition coefficient (Wildman–Crippen LogP) is -2.16. The van der Waals surface area contributed by atoms with Crippen LogP contribution in [0.5, 0.6) is 0 Å². The van der Waals surface area contributed by atoms with Crippen molar-refractivity contribution in [1.29, 1.82) is 0 Å². The van der Waals surface area contributed by atoms with E-state index in [2.05, 4.69) is 0 Å². The molecule has 12 heteroatoms. The Hall–Kier alpha value is -2.09. The van der Waals surface area contributed by atoms with Crippen LogP contribution in [0.1, 0.15) is 5.56 Å². The molecule has 1 rings (SSSR count). The minimum absolute atomic E-state index is 0.0666. The minimum atomic E-state index is -4.02. The number of aliphatic carboxylic acids is 2. The number of aryl methyl sites for hydroxylation is 1. The van der Waals surface area contributed by atoms with Gasteiger partial charge in [0, 0.05) is 0 Å². The topological polar surface area (TPSA) is 210 Å². The van der Waals surface area contributed by atoms with Gasteiger partial charge >= 0.3 is 11.9 Å². The lowest BCUT2D eigenvalue weighted by molar-refractivity contribution is -0.172. The van der Waals surface area contributed by atoms with Crippen molar-refractivity contribution >= 4 is 22.1 Å². The third kappa shape index (κ3) is 7.55. The zero-order chi connectivity index (χ0) is 19.9. The van der Waals surface area contributed by atoms with E-state index in [4.69, 9.17) is 35.2 Å². The van der Waals surface area contributed by atoms with Crippen LogP contribution >= 0.6 is 0 Å². The Balaban J connectivity index is 0.000000472. The van der Waals surface area contributed by atoms with Crippen molar-refractivity contribution in [3.05, 3.63) is 29.8 Å². The maximum absolute atomic E-state index is 10.5. The molecule has 25 heavy (non-hydrogen) atoms. The van der Waals surface area contributed by atoms with E-state index >= 15 is 0 Å². The highest BCUT2D eigenvalue weighted by Gasteiger charge is 2.37. The molecule has 142 valence electrons. The minimum Gasteiger partial charge on any atom is -0.479 e. The van der Waals surface area contributed by atoms with Gasteiger partial charge in [-0.2, -0.15) is 8.42 Å². The highest BCUT2D eigenvalue weighted by atomic mass is 32.2. The van der Waals surface area contributed by atoms with Gasteiger partial charge in [0.25, 0.3) is 10.1 Å². The summed E-state index contributed by atoms with van der Waals surface area (Å²) in [6.07, 6.45) is -9.28. The smallest absolute Gasteiger partial charge is 0.335 e. The van der Waals surface area contributed by atoms with Crippen molar-refractivity contribution in [2.24, 2.45) is 0 Å². The summed E-state index contributed by atoms with van der Waals surface area (Å²) in [5.74, 6) is -3.68. The van der Waals surface area contributed by atoms with Gasteiger partial charge in [0.1, 0.15) is 12.2 Å². The molecule has 0 saturated heterocycles. The highest BCUT2D eigenvalue weighted by molar-refractivity contribution is 7.85. The fourth-order valence-electron chi connectivity index (χ4n) is 1.38. The Morgan fingerprint density at radius 1 is 0.840 bits per heavy atom. The van der Waals surface area contributed by atoms with Crippen molar-refractivity contribution in [2.75, 3.05) is 0 Å². The number of hydrogen-bond donors (Lipinski definition) is 7. The summed E-state index contributed by atoms with van der Waals surface area (Å²) < 4.78 is 29.6. The fraction of sp³-hybridized carbons (Fsp3) is 0.385. The molecular formula is C13H18O11S. The van der Waals surface area contributed by atoms with Crippen LogP contribution in [0.2, 0.25) is 0 Å². The third-order valence-corrected chi connectivity index (χ3v) is 3.69. The quantitative estimate of drug-likeness (QED) is 0.263. The first-order valence-corrected chi connectivity index (χ1v) is 7.95. The summed E-state index contributed by atoms with van der Waals surface area (Å²) in [5.41, 5.74) is 0.956. The molecule has 0 aliphatic heterocycles. The molecule has 0 spiro atoms. The van der Waals surface area contributed by atoms with E-state index in [9.17, 15) is 18.0 Å². The van der Waals surface area contributed by atoms with Crippen LogP contribution in [0, 0.1) is 6.92 Å². The van der Waals surface area contributed by atoms with Crippen LogP contribution in [0.25, 0.3) is 0 Å². The molecular weight excluding hydrogens is 364 g/mol. The zero-order valence-corrected chi connectivity index (χ0v) is 13.6. The van der Waals surface area contributed by atoms with Crippen molar-refractivity contribution in [3.63, 3.8) is 0 Å². The van der Waals surface area contributed by atoms with Crippen LogP contribution < -0.4 is 0 Å². The van der Waals surface area contributed by atoms with E-state index in [0.717, 1.165) is 5.56 Å². The zero-order valence-electron chi connectivity index (χ0n) is 12.8. The molecule has 0 aliphatic carbocycles. The van der Waals surface area contributed by atoms with Crippen LogP contribution in [0.4, 0.5) is 0 Å². The van der Waals surface area contributed by atoms with Gasteiger partial charge in [-0.05, 0) is 19.1 Å². The third-order valence-electron chi connectivity index (χ3n) is 2.82. The molecule has 0 amide bonds. The van der Waals surface area contributed by atoms with Crippen LogP contribution in [0.3, 0.4) is 0 Å². The molecule has 4 atom stereocenters. The molecule has 0 radical (unpaired) electrons. The van der Waals surface area contributed by atoms with E-state index < -0.39 is 46.5 Å². The molecule has 1 aromatic rings. The number of aliphatic hydroxyl groups excluding tert-OH is 4. The van der Waals surface area contributed by atoms with E-state index in [1.807, 2.05) is 6.92 Å². The van der Waals surface area contributed by atoms with Crippen molar-refractivity contribution < 1.29 is 53.2 Å². The molecule has 0 unspecified atom stereocenters. The maximum Gasteiger partial charge on any atom is 0.335 e. The first kappa shape index (κ1) is 22.9. The first-order valence-electron chi connectivity index (χ1n) is 6.51. The molecule has 0 fully saturated rings. The van der Waals surface area contributed by atoms with Gasteiger partial charge in [-0.1, -0.05) is 17.7 Å². The van der Waals surface area contributed by atoms with Crippen molar-refractivity contribution in [1.82, 2.24) is 0 Å². The summed E-state index contributed by atoms with van der Waals surface area (Å²) in [6.45, 7) is 1.84. The average molecular weight is 382 g/mol. The maximum atomic E-state index is 10.5. The molecule has 0 aliphatic rings. The Bertz CT molecular complexity index is 658. The number of benzene rings is 1. The van der Waals surface area contributed by atoms with Gasteiger partial charge in [0.05, 0.1) is 4.90 Å².